The van der Waals surface area contributed by atoms with Crippen LogP contribution < -0.4 is 0 Å². The molecule has 2 heterocycles. The van der Waals surface area contributed by atoms with Crippen LogP contribution >= 0.6 is 12.4 Å². The second-order valence-electron chi connectivity index (χ2n) is 8.21. The summed E-state index contributed by atoms with van der Waals surface area (Å²) >= 11 is 0. The summed E-state index contributed by atoms with van der Waals surface area (Å²) in [7, 11) is 0. The fourth-order valence-corrected chi connectivity index (χ4v) is 5.29. The Morgan fingerprint density at radius 3 is 2.15 bits per heavy atom. The third-order valence-corrected chi connectivity index (χ3v) is 6.75. The van der Waals surface area contributed by atoms with E-state index in [0.717, 1.165) is 31.4 Å². The van der Waals surface area contributed by atoms with Crippen LogP contribution in [0.2, 0.25) is 0 Å². The van der Waals surface area contributed by atoms with E-state index in [9.17, 15) is 0 Å². The molecule has 4 rings (SSSR count). The molecule has 0 aromatic carbocycles. The van der Waals surface area contributed by atoms with Gasteiger partial charge in [0.15, 0.2) is 5.82 Å². The lowest BCUT2D eigenvalue weighted by Crippen LogP contribution is -2.50. The Hall–Kier alpha value is -0.720. The minimum absolute atomic E-state index is 0. The van der Waals surface area contributed by atoms with Gasteiger partial charge in [0, 0.05) is 32.2 Å². The van der Waals surface area contributed by atoms with E-state index in [0.29, 0.717) is 12.1 Å². The van der Waals surface area contributed by atoms with E-state index in [1.807, 2.05) is 0 Å². The third kappa shape index (κ3) is 4.23. The van der Waals surface area contributed by atoms with Gasteiger partial charge in [-0.3, -0.25) is 9.80 Å². The first-order valence-corrected chi connectivity index (χ1v) is 10.6. The molecule has 1 saturated heterocycles. The molecule has 148 valence electrons. The van der Waals surface area contributed by atoms with Crippen LogP contribution in [0.4, 0.5) is 0 Å². The highest BCUT2D eigenvalue weighted by Crippen LogP contribution is 2.32. The molecule has 0 spiro atoms. The van der Waals surface area contributed by atoms with Crippen molar-refractivity contribution in [3.8, 4) is 0 Å². The summed E-state index contributed by atoms with van der Waals surface area (Å²) in [4.78, 5) is 5.37. The maximum atomic E-state index is 4.48. The van der Waals surface area contributed by atoms with E-state index in [-0.39, 0.29) is 12.4 Å². The van der Waals surface area contributed by atoms with Crippen LogP contribution in [0, 0.1) is 0 Å². The van der Waals surface area contributed by atoms with E-state index >= 15 is 0 Å². The zero-order valence-corrected chi connectivity index (χ0v) is 17.0. The molecule has 26 heavy (non-hydrogen) atoms. The first-order chi connectivity index (χ1) is 12.4. The highest BCUT2D eigenvalue weighted by molar-refractivity contribution is 5.85. The highest BCUT2D eigenvalue weighted by atomic mass is 35.5. The average Bonchev–Trinajstić information content (AvgIpc) is 3.36. The van der Waals surface area contributed by atoms with Gasteiger partial charge in [-0.05, 0) is 42.5 Å². The van der Waals surface area contributed by atoms with E-state index in [2.05, 4.69) is 36.9 Å². The van der Waals surface area contributed by atoms with Crippen molar-refractivity contribution in [2.45, 2.75) is 89.3 Å². The molecule has 1 atom stereocenters. The van der Waals surface area contributed by atoms with Gasteiger partial charge in [0.1, 0.15) is 0 Å². The second kappa shape index (κ2) is 9.47. The molecule has 0 amide bonds. The topological polar surface area (TPSA) is 50.1 Å². The quantitative estimate of drug-likeness (QED) is 0.778. The number of hydrogen-bond donors (Lipinski definition) is 0. The van der Waals surface area contributed by atoms with E-state index < -0.39 is 0 Å². The number of aromatic nitrogens is 4. The van der Waals surface area contributed by atoms with Crippen LogP contribution in [-0.4, -0.2) is 62.2 Å². The minimum Gasteiger partial charge on any atom is -0.298 e. The first kappa shape index (κ1) is 20.0. The molecule has 0 bridgehead atoms. The Kier molecular flexibility index (Phi) is 7.29. The molecular formula is C19H35ClN6. The molecule has 3 fully saturated rings. The zero-order valence-electron chi connectivity index (χ0n) is 16.2. The molecule has 6 nitrogen and oxygen atoms in total. The molecule has 2 saturated carbocycles. The van der Waals surface area contributed by atoms with Crippen molar-refractivity contribution in [2.75, 3.05) is 26.2 Å². The molecule has 1 unspecified atom stereocenters. The zero-order chi connectivity index (χ0) is 17.1. The van der Waals surface area contributed by atoms with Crippen molar-refractivity contribution >= 4 is 12.4 Å². The standard InChI is InChI=1S/C19H34N6.ClH/c1-2-18(19-20-21-22-25(19)17-10-4-3-5-11-17)24-14-12-23(13-15-24)16-8-6-7-9-16;/h16-18H,2-15H2,1H3;1H. The van der Waals surface area contributed by atoms with Gasteiger partial charge in [-0.2, -0.15) is 0 Å². The molecular weight excluding hydrogens is 348 g/mol. The number of halogens is 1. The average molecular weight is 383 g/mol. The van der Waals surface area contributed by atoms with E-state index in [1.54, 1.807) is 0 Å². The fraction of sp³-hybridized carbons (Fsp3) is 0.947. The smallest absolute Gasteiger partial charge is 0.168 e. The maximum absolute atomic E-state index is 4.48. The van der Waals surface area contributed by atoms with Crippen molar-refractivity contribution in [3.05, 3.63) is 5.82 Å². The van der Waals surface area contributed by atoms with Crippen LogP contribution in [0.1, 0.15) is 89.0 Å². The third-order valence-electron chi connectivity index (χ3n) is 6.75. The largest absolute Gasteiger partial charge is 0.298 e. The van der Waals surface area contributed by atoms with Crippen LogP contribution in [0.25, 0.3) is 0 Å². The summed E-state index contributed by atoms with van der Waals surface area (Å²) in [6.07, 6.45) is 13.3. The molecule has 0 N–H and O–H groups in total. The van der Waals surface area contributed by atoms with Crippen molar-refractivity contribution in [1.82, 2.24) is 30.0 Å². The number of nitrogens with zero attached hydrogens (tertiary/aromatic N) is 6. The number of hydrogen-bond acceptors (Lipinski definition) is 5. The summed E-state index contributed by atoms with van der Waals surface area (Å²) in [5.74, 6) is 1.11. The molecule has 2 aliphatic carbocycles. The Balaban J connectivity index is 0.00000196. The van der Waals surface area contributed by atoms with Crippen LogP contribution in [0.15, 0.2) is 0 Å². The Morgan fingerprint density at radius 2 is 1.50 bits per heavy atom. The van der Waals surface area contributed by atoms with Gasteiger partial charge in [0.2, 0.25) is 0 Å². The molecule has 3 aliphatic rings. The van der Waals surface area contributed by atoms with E-state index in [1.165, 1.54) is 70.9 Å². The fourth-order valence-electron chi connectivity index (χ4n) is 5.29. The lowest BCUT2D eigenvalue weighted by Gasteiger charge is -2.41. The lowest BCUT2D eigenvalue weighted by atomic mass is 9.95. The molecule has 0 radical (unpaired) electrons. The van der Waals surface area contributed by atoms with Gasteiger partial charge >= 0.3 is 0 Å². The summed E-state index contributed by atoms with van der Waals surface area (Å²) in [5.41, 5.74) is 0. The van der Waals surface area contributed by atoms with Gasteiger partial charge in [-0.15, -0.1) is 17.5 Å². The minimum atomic E-state index is 0. The van der Waals surface area contributed by atoms with Gasteiger partial charge in [-0.25, -0.2) is 4.68 Å². The Bertz CT molecular complexity index is 530. The SMILES string of the molecule is CCC(c1nnnn1C1CCCCC1)N1CCN(C2CCCC2)CC1.Cl. The van der Waals surface area contributed by atoms with Crippen molar-refractivity contribution in [2.24, 2.45) is 0 Å². The number of piperazine rings is 1. The summed E-state index contributed by atoms with van der Waals surface area (Å²) in [6.45, 7) is 7.03. The maximum Gasteiger partial charge on any atom is 0.168 e. The van der Waals surface area contributed by atoms with Gasteiger partial charge in [-0.1, -0.05) is 39.0 Å². The molecule has 1 aromatic heterocycles. The van der Waals surface area contributed by atoms with Gasteiger partial charge < -0.3 is 0 Å². The van der Waals surface area contributed by atoms with Crippen LogP contribution in [-0.2, 0) is 0 Å². The van der Waals surface area contributed by atoms with Crippen LogP contribution in [0.5, 0.6) is 0 Å². The van der Waals surface area contributed by atoms with Gasteiger partial charge in [0.05, 0.1) is 12.1 Å². The summed E-state index contributed by atoms with van der Waals surface area (Å²) in [5, 5.41) is 12.9. The first-order valence-electron chi connectivity index (χ1n) is 10.6. The number of rotatable bonds is 5. The van der Waals surface area contributed by atoms with Gasteiger partial charge in [0.25, 0.3) is 0 Å². The van der Waals surface area contributed by atoms with Crippen LogP contribution in [0.3, 0.4) is 0 Å². The Labute approximate surface area is 164 Å². The van der Waals surface area contributed by atoms with Crippen molar-refractivity contribution < 1.29 is 0 Å². The molecule has 1 aromatic rings. The number of tetrazole rings is 1. The predicted octanol–water partition coefficient (Wildman–Crippen LogP) is 3.61. The molecule has 1 aliphatic heterocycles. The lowest BCUT2D eigenvalue weighted by molar-refractivity contribution is 0.0633. The van der Waals surface area contributed by atoms with Crippen molar-refractivity contribution in [3.63, 3.8) is 0 Å². The second-order valence-corrected chi connectivity index (χ2v) is 8.21. The highest BCUT2D eigenvalue weighted by Gasteiger charge is 2.32. The van der Waals surface area contributed by atoms with Crippen molar-refractivity contribution in [1.29, 1.82) is 0 Å². The normalized spacial score (nSPS) is 25.3. The monoisotopic (exact) mass is 382 g/mol. The Morgan fingerprint density at radius 1 is 0.885 bits per heavy atom. The molecule has 7 heteroatoms. The summed E-state index contributed by atoms with van der Waals surface area (Å²) < 4.78 is 2.18. The summed E-state index contributed by atoms with van der Waals surface area (Å²) in [6, 6.07) is 1.75. The van der Waals surface area contributed by atoms with E-state index in [4.69, 9.17) is 0 Å². The predicted molar refractivity (Wildman–Crippen MR) is 106 cm³/mol.